The maximum absolute atomic E-state index is 13.3. The molecule has 0 aliphatic rings. The van der Waals surface area contributed by atoms with Gasteiger partial charge in [0.25, 0.3) is 0 Å². The summed E-state index contributed by atoms with van der Waals surface area (Å²) in [6.45, 7) is -0.0966. The molecule has 0 radical (unpaired) electrons. The van der Waals surface area contributed by atoms with Crippen LogP contribution in [0.4, 0.5) is 4.39 Å². The van der Waals surface area contributed by atoms with Crippen LogP contribution in [0.25, 0.3) is 5.82 Å². The Bertz CT molecular complexity index is 833. The van der Waals surface area contributed by atoms with Gasteiger partial charge in [-0.05, 0) is 36.4 Å². The molecule has 0 bridgehead atoms. The van der Waals surface area contributed by atoms with E-state index in [0.29, 0.717) is 22.7 Å². The molecule has 1 aromatic carbocycles. The van der Waals surface area contributed by atoms with Crippen molar-refractivity contribution >= 4 is 5.97 Å². The van der Waals surface area contributed by atoms with Crippen LogP contribution in [0.1, 0.15) is 15.9 Å². The minimum atomic E-state index is -0.555. The summed E-state index contributed by atoms with van der Waals surface area (Å²) >= 11 is 0. The van der Waals surface area contributed by atoms with Crippen molar-refractivity contribution in [2.75, 3.05) is 7.11 Å². The molecular weight excluding hydrogens is 313 g/mol. The monoisotopic (exact) mass is 327 g/mol. The second kappa shape index (κ2) is 6.91. The predicted molar refractivity (Wildman–Crippen MR) is 83.4 cm³/mol. The number of nitrogens with zero attached hydrogens (tertiary/aromatic N) is 3. The molecule has 3 aromatic rings. The lowest BCUT2D eigenvalue weighted by Crippen LogP contribution is -2.08. The van der Waals surface area contributed by atoms with Gasteiger partial charge in [0, 0.05) is 24.2 Å². The highest BCUT2D eigenvalue weighted by atomic mass is 19.1. The highest BCUT2D eigenvalue weighted by Crippen LogP contribution is 2.20. The third kappa shape index (κ3) is 3.40. The van der Waals surface area contributed by atoms with Crippen LogP contribution in [0.2, 0.25) is 0 Å². The molecule has 2 heterocycles. The van der Waals surface area contributed by atoms with E-state index in [1.54, 1.807) is 35.3 Å². The number of halogens is 1. The van der Waals surface area contributed by atoms with Crippen LogP contribution in [-0.2, 0) is 11.3 Å². The smallest absolute Gasteiger partial charge is 0.340 e. The Kier molecular flexibility index (Phi) is 4.51. The number of aromatic nitrogens is 3. The van der Waals surface area contributed by atoms with Crippen molar-refractivity contribution in [2.24, 2.45) is 0 Å². The average Bonchev–Trinajstić information content (AvgIpc) is 3.14. The first-order valence-corrected chi connectivity index (χ1v) is 7.13. The van der Waals surface area contributed by atoms with E-state index in [9.17, 15) is 9.18 Å². The van der Waals surface area contributed by atoms with Crippen LogP contribution in [0, 0.1) is 5.82 Å². The van der Waals surface area contributed by atoms with E-state index in [2.05, 4.69) is 10.1 Å². The summed E-state index contributed by atoms with van der Waals surface area (Å²) in [4.78, 5) is 16.2. The molecule has 0 spiro atoms. The van der Waals surface area contributed by atoms with Gasteiger partial charge in [-0.3, -0.25) is 0 Å². The average molecular weight is 327 g/mol. The van der Waals surface area contributed by atoms with Gasteiger partial charge in [0.1, 0.15) is 18.2 Å². The van der Waals surface area contributed by atoms with Gasteiger partial charge in [-0.2, -0.15) is 5.10 Å². The van der Waals surface area contributed by atoms with Crippen molar-refractivity contribution in [1.29, 1.82) is 0 Å². The van der Waals surface area contributed by atoms with Crippen molar-refractivity contribution in [3.63, 3.8) is 0 Å². The summed E-state index contributed by atoms with van der Waals surface area (Å²) in [5.41, 5.74) is 0.744. The SMILES string of the molecule is COc1ccc(F)cc1COC(=O)c1ccc(-n2cccn2)nc1. The van der Waals surface area contributed by atoms with Crippen molar-refractivity contribution in [3.8, 4) is 11.6 Å². The molecule has 0 aliphatic carbocycles. The lowest BCUT2D eigenvalue weighted by molar-refractivity contribution is 0.0469. The maximum atomic E-state index is 13.3. The number of pyridine rings is 1. The first kappa shape index (κ1) is 15.7. The van der Waals surface area contributed by atoms with E-state index in [1.807, 2.05) is 0 Å². The van der Waals surface area contributed by atoms with Crippen LogP contribution < -0.4 is 4.74 Å². The molecule has 0 amide bonds. The molecule has 0 atom stereocenters. The molecule has 0 saturated heterocycles. The summed E-state index contributed by atoms with van der Waals surface area (Å²) in [6.07, 6.45) is 4.79. The molecule has 24 heavy (non-hydrogen) atoms. The number of hydrogen-bond donors (Lipinski definition) is 0. The van der Waals surface area contributed by atoms with Crippen molar-refractivity contribution in [2.45, 2.75) is 6.61 Å². The number of benzene rings is 1. The fraction of sp³-hybridized carbons (Fsp3) is 0.118. The standard InChI is InChI=1S/C17H14FN3O3/c1-23-15-5-4-14(18)9-13(15)11-24-17(22)12-3-6-16(19-10-12)21-8-2-7-20-21/h2-10H,11H2,1H3. The third-order valence-electron chi connectivity index (χ3n) is 3.32. The van der Waals surface area contributed by atoms with Gasteiger partial charge in [0.05, 0.1) is 12.7 Å². The van der Waals surface area contributed by atoms with Gasteiger partial charge < -0.3 is 9.47 Å². The van der Waals surface area contributed by atoms with E-state index in [-0.39, 0.29) is 6.61 Å². The Morgan fingerprint density at radius 3 is 2.83 bits per heavy atom. The highest BCUT2D eigenvalue weighted by molar-refractivity contribution is 5.89. The lowest BCUT2D eigenvalue weighted by Gasteiger charge is -2.09. The zero-order chi connectivity index (χ0) is 16.9. The number of rotatable bonds is 5. The maximum Gasteiger partial charge on any atom is 0.340 e. The number of esters is 1. The molecular formula is C17H14FN3O3. The van der Waals surface area contributed by atoms with Gasteiger partial charge in [0.2, 0.25) is 0 Å². The van der Waals surface area contributed by atoms with Crippen molar-refractivity contribution in [3.05, 3.63) is 71.9 Å². The second-order valence-corrected chi connectivity index (χ2v) is 4.89. The van der Waals surface area contributed by atoms with Crippen LogP contribution >= 0.6 is 0 Å². The van der Waals surface area contributed by atoms with Crippen LogP contribution in [0.5, 0.6) is 5.75 Å². The minimum absolute atomic E-state index is 0.0966. The molecule has 6 nitrogen and oxygen atoms in total. The molecule has 2 aromatic heterocycles. The fourth-order valence-electron chi connectivity index (χ4n) is 2.13. The Morgan fingerprint density at radius 2 is 2.17 bits per heavy atom. The first-order chi connectivity index (χ1) is 11.7. The summed E-state index contributed by atoms with van der Waals surface area (Å²) in [5.74, 6) is 0.0626. The number of carbonyl (C=O) groups excluding carboxylic acids is 1. The predicted octanol–water partition coefficient (Wildman–Crippen LogP) is 2.77. The number of hydrogen-bond acceptors (Lipinski definition) is 5. The molecule has 0 N–H and O–H groups in total. The van der Waals surface area contributed by atoms with E-state index < -0.39 is 11.8 Å². The van der Waals surface area contributed by atoms with E-state index in [1.165, 1.54) is 31.5 Å². The summed E-state index contributed by atoms with van der Waals surface area (Å²) in [6, 6.07) is 9.06. The zero-order valence-electron chi connectivity index (χ0n) is 12.8. The second-order valence-electron chi connectivity index (χ2n) is 4.89. The van der Waals surface area contributed by atoms with Gasteiger partial charge >= 0.3 is 5.97 Å². The molecule has 122 valence electrons. The Labute approximate surface area is 137 Å². The normalized spacial score (nSPS) is 10.4. The fourth-order valence-corrected chi connectivity index (χ4v) is 2.13. The lowest BCUT2D eigenvalue weighted by atomic mass is 10.2. The van der Waals surface area contributed by atoms with Gasteiger partial charge in [-0.1, -0.05) is 0 Å². The summed E-state index contributed by atoms with van der Waals surface area (Å²) < 4.78 is 25.2. The summed E-state index contributed by atoms with van der Waals surface area (Å²) in [5, 5.41) is 4.05. The van der Waals surface area contributed by atoms with Crippen LogP contribution in [-0.4, -0.2) is 27.8 Å². The zero-order valence-corrected chi connectivity index (χ0v) is 12.8. The van der Waals surface area contributed by atoms with Gasteiger partial charge in [-0.15, -0.1) is 0 Å². The van der Waals surface area contributed by atoms with Crippen molar-refractivity contribution in [1.82, 2.24) is 14.8 Å². The molecule has 3 rings (SSSR count). The number of ether oxygens (including phenoxy) is 2. The van der Waals surface area contributed by atoms with E-state index in [4.69, 9.17) is 9.47 Å². The minimum Gasteiger partial charge on any atom is -0.496 e. The molecule has 0 saturated carbocycles. The Morgan fingerprint density at radius 1 is 1.29 bits per heavy atom. The van der Waals surface area contributed by atoms with Crippen LogP contribution in [0.15, 0.2) is 55.0 Å². The quantitative estimate of drug-likeness (QED) is 0.674. The number of methoxy groups -OCH3 is 1. The summed E-state index contributed by atoms with van der Waals surface area (Å²) in [7, 11) is 1.47. The van der Waals surface area contributed by atoms with Crippen LogP contribution in [0.3, 0.4) is 0 Å². The largest absolute Gasteiger partial charge is 0.496 e. The number of carbonyl (C=O) groups is 1. The molecule has 0 aliphatic heterocycles. The highest BCUT2D eigenvalue weighted by Gasteiger charge is 2.11. The van der Waals surface area contributed by atoms with E-state index >= 15 is 0 Å². The van der Waals surface area contributed by atoms with Gasteiger partial charge in [0.15, 0.2) is 5.82 Å². The molecule has 0 unspecified atom stereocenters. The van der Waals surface area contributed by atoms with Crippen molar-refractivity contribution < 1.29 is 18.7 Å². The first-order valence-electron chi connectivity index (χ1n) is 7.13. The van der Waals surface area contributed by atoms with Gasteiger partial charge in [-0.25, -0.2) is 18.9 Å². The molecule has 0 fully saturated rings. The molecule has 7 heteroatoms. The topological polar surface area (TPSA) is 66.2 Å². The Balaban J connectivity index is 1.68. The third-order valence-corrected chi connectivity index (χ3v) is 3.32. The van der Waals surface area contributed by atoms with E-state index in [0.717, 1.165) is 0 Å². The Hall–Kier alpha value is -3.22.